The molecule has 0 aromatic carbocycles. The summed E-state index contributed by atoms with van der Waals surface area (Å²) in [5.74, 6) is 1.44. The van der Waals surface area contributed by atoms with E-state index in [9.17, 15) is 0 Å². The van der Waals surface area contributed by atoms with Gasteiger partial charge in [-0.1, -0.05) is 6.92 Å². The van der Waals surface area contributed by atoms with E-state index in [2.05, 4.69) is 68.2 Å². The van der Waals surface area contributed by atoms with Gasteiger partial charge in [0.1, 0.15) is 5.69 Å². The lowest BCUT2D eigenvalue weighted by atomic mass is 10.1. The van der Waals surface area contributed by atoms with Gasteiger partial charge in [0, 0.05) is 57.9 Å². The number of aryl methyl sites for hydroxylation is 1. The molecule has 1 atom stereocenters. The first-order valence-corrected chi connectivity index (χ1v) is 13.3. The van der Waals surface area contributed by atoms with Crippen LogP contribution in [0.3, 0.4) is 0 Å². The predicted octanol–water partition coefficient (Wildman–Crippen LogP) is 5.84. The van der Waals surface area contributed by atoms with Crippen LogP contribution in [0.5, 0.6) is 0 Å². The molecule has 1 fully saturated rings. The summed E-state index contributed by atoms with van der Waals surface area (Å²) in [5.41, 5.74) is 7.37. The molecule has 0 bridgehead atoms. The summed E-state index contributed by atoms with van der Waals surface area (Å²) in [7, 11) is 0. The minimum atomic E-state index is 0.678. The number of H-pyrrole nitrogens is 2. The van der Waals surface area contributed by atoms with Gasteiger partial charge in [-0.05, 0) is 61.7 Å². The third-order valence-corrected chi connectivity index (χ3v) is 8.11. The summed E-state index contributed by atoms with van der Waals surface area (Å²) in [6.45, 7) is 7.65. The van der Waals surface area contributed by atoms with Crippen LogP contribution in [-0.2, 0) is 6.54 Å². The number of hydrogen-bond donors (Lipinski definition) is 2. The molecule has 1 aliphatic rings. The highest BCUT2D eigenvalue weighted by atomic mass is 32.1. The Bertz CT molecular complexity index is 1750. The third kappa shape index (κ3) is 4.10. The maximum absolute atomic E-state index is 4.80. The van der Waals surface area contributed by atoms with Gasteiger partial charge in [-0.15, -0.1) is 11.3 Å². The Kier molecular flexibility index (Phi) is 5.33. The van der Waals surface area contributed by atoms with Crippen LogP contribution >= 0.6 is 11.3 Å². The maximum Gasteiger partial charge on any atom is 0.178 e. The lowest BCUT2D eigenvalue weighted by Gasteiger charge is -2.15. The second kappa shape index (κ2) is 8.86. The molecule has 2 N–H and O–H groups in total. The molecular formula is C28H26N8S. The second-order valence-electron chi connectivity index (χ2n) is 9.95. The van der Waals surface area contributed by atoms with Gasteiger partial charge < -0.3 is 4.98 Å². The molecule has 0 amide bonds. The van der Waals surface area contributed by atoms with Crippen LogP contribution in [0.25, 0.3) is 55.3 Å². The van der Waals surface area contributed by atoms with Crippen LogP contribution in [0.2, 0.25) is 0 Å². The molecule has 1 unspecified atom stereocenters. The molecule has 37 heavy (non-hydrogen) atoms. The Hall–Kier alpha value is -3.95. The number of imidazole rings is 1. The van der Waals surface area contributed by atoms with E-state index in [1.54, 1.807) is 11.3 Å². The van der Waals surface area contributed by atoms with Crippen LogP contribution in [0.15, 0.2) is 55.1 Å². The molecule has 184 valence electrons. The van der Waals surface area contributed by atoms with Crippen molar-refractivity contribution in [1.82, 2.24) is 40.0 Å². The zero-order chi connectivity index (χ0) is 24.9. The van der Waals surface area contributed by atoms with E-state index in [0.717, 1.165) is 64.5 Å². The molecule has 0 radical (unpaired) electrons. The molecule has 1 aliphatic heterocycles. The number of nitrogens with one attached hydrogen (secondary N) is 2. The standard InChI is InChI=1S/C28H26N8S/c1-16-6-8-36(14-16)15-18-9-19(12-29-11-18)22-10-21-23(13-31-22)34-35-26(21)28-32-25-20(5-7-30-27(25)33-28)24-4-3-17(2)37-24/h3-5,7,9-13,16H,6,8,14-15H2,1-2H3,(H,34,35)(H,30,32,33). The number of aromatic nitrogens is 7. The van der Waals surface area contributed by atoms with Crippen molar-refractivity contribution in [2.75, 3.05) is 13.1 Å². The number of rotatable bonds is 5. The summed E-state index contributed by atoms with van der Waals surface area (Å²) in [5, 5.41) is 8.65. The fourth-order valence-electron chi connectivity index (χ4n) is 5.21. The molecule has 0 saturated carbocycles. The van der Waals surface area contributed by atoms with Crippen molar-refractivity contribution < 1.29 is 0 Å². The van der Waals surface area contributed by atoms with Gasteiger partial charge in [-0.3, -0.25) is 20.0 Å². The number of likely N-dealkylation sites (tertiary alicyclic amines) is 1. The zero-order valence-corrected chi connectivity index (χ0v) is 21.5. The van der Waals surface area contributed by atoms with Crippen LogP contribution in [0, 0.1) is 12.8 Å². The molecule has 6 aromatic rings. The first kappa shape index (κ1) is 22.3. The van der Waals surface area contributed by atoms with Gasteiger partial charge in [0.2, 0.25) is 0 Å². The number of thiophene rings is 1. The van der Waals surface area contributed by atoms with E-state index >= 15 is 0 Å². The molecule has 8 nitrogen and oxygen atoms in total. The van der Waals surface area contributed by atoms with Crippen molar-refractivity contribution >= 4 is 33.4 Å². The van der Waals surface area contributed by atoms with Crippen molar-refractivity contribution in [3.63, 3.8) is 0 Å². The van der Waals surface area contributed by atoms with Gasteiger partial charge in [-0.25, -0.2) is 9.97 Å². The van der Waals surface area contributed by atoms with Crippen molar-refractivity contribution in [1.29, 1.82) is 0 Å². The SMILES string of the molecule is Cc1ccc(-c2ccnc3nc(-c4n[nH]c5cnc(-c6cncc(CN7CCC(C)C7)c6)cc45)[nH]c23)s1. The van der Waals surface area contributed by atoms with E-state index < -0.39 is 0 Å². The van der Waals surface area contributed by atoms with Crippen LogP contribution in [-0.4, -0.2) is 53.1 Å². The number of nitrogens with zero attached hydrogens (tertiary/aromatic N) is 6. The van der Waals surface area contributed by atoms with Crippen molar-refractivity contribution in [3.05, 3.63) is 65.6 Å². The maximum atomic E-state index is 4.80. The Balaban J connectivity index is 1.26. The third-order valence-electron chi connectivity index (χ3n) is 7.07. The van der Waals surface area contributed by atoms with Crippen LogP contribution < -0.4 is 0 Å². The van der Waals surface area contributed by atoms with Gasteiger partial charge in [0.05, 0.1) is 22.9 Å². The fraction of sp³-hybridized carbons (Fsp3) is 0.250. The Morgan fingerprint density at radius 1 is 1.11 bits per heavy atom. The lowest BCUT2D eigenvalue weighted by Crippen LogP contribution is -2.19. The van der Waals surface area contributed by atoms with Crippen molar-refractivity contribution in [2.24, 2.45) is 5.92 Å². The van der Waals surface area contributed by atoms with E-state index in [1.807, 2.05) is 30.9 Å². The molecule has 6 aromatic heterocycles. The summed E-state index contributed by atoms with van der Waals surface area (Å²) in [4.78, 5) is 27.0. The minimum absolute atomic E-state index is 0.678. The van der Waals surface area contributed by atoms with Gasteiger partial charge in [0.25, 0.3) is 0 Å². The smallest absolute Gasteiger partial charge is 0.178 e. The molecular weight excluding hydrogens is 480 g/mol. The molecule has 0 aliphatic carbocycles. The summed E-state index contributed by atoms with van der Waals surface area (Å²) in [6, 6.07) is 10.6. The topological polar surface area (TPSA) is 99.3 Å². The van der Waals surface area contributed by atoms with Gasteiger partial charge in [0.15, 0.2) is 11.5 Å². The molecule has 7 rings (SSSR count). The molecule has 7 heterocycles. The van der Waals surface area contributed by atoms with E-state index in [0.29, 0.717) is 11.5 Å². The highest BCUT2D eigenvalue weighted by Gasteiger charge is 2.20. The van der Waals surface area contributed by atoms with Gasteiger partial charge >= 0.3 is 0 Å². The largest absolute Gasteiger partial charge is 0.335 e. The number of pyridine rings is 3. The second-order valence-corrected chi connectivity index (χ2v) is 11.2. The minimum Gasteiger partial charge on any atom is -0.335 e. The fourth-order valence-corrected chi connectivity index (χ4v) is 6.10. The van der Waals surface area contributed by atoms with Crippen molar-refractivity contribution in [3.8, 4) is 33.2 Å². The Morgan fingerprint density at radius 2 is 2.05 bits per heavy atom. The monoisotopic (exact) mass is 506 g/mol. The number of aromatic amines is 2. The summed E-state index contributed by atoms with van der Waals surface area (Å²) < 4.78 is 0. The number of hydrogen-bond acceptors (Lipinski definition) is 7. The normalized spacial score (nSPS) is 16.3. The molecule has 9 heteroatoms. The average molecular weight is 507 g/mol. The van der Waals surface area contributed by atoms with E-state index in [-0.39, 0.29) is 0 Å². The van der Waals surface area contributed by atoms with E-state index in [4.69, 9.17) is 9.97 Å². The molecule has 0 spiro atoms. The van der Waals surface area contributed by atoms with Crippen molar-refractivity contribution in [2.45, 2.75) is 26.8 Å². The first-order chi connectivity index (χ1) is 18.1. The lowest BCUT2D eigenvalue weighted by molar-refractivity contribution is 0.320. The number of fused-ring (bicyclic) bond motifs is 2. The quantitative estimate of drug-likeness (QED) is 0.305. The first-order valence-electron chi connectivity index (χ1n) is 12.5. The van der Waals surface area contributed by atoms with Crippen LogP contribution in [0.1, 0.15) is 23.8 Å². The molecule has 1 saturated heterocycles. The van der Waals surface area contributed by atoms with Gasteiger partial charge in [-0.2, -0.15) is 5.10 Å². The highest BCUT2D eigenvalue weighted by molar-refractivity contribution is 7.15. The van der Waals surface area contributed by atoms with Crippen LogP contribution in [0.4, 0.5) is 0 Å². The zero-order valence-electron chi connectivity index (χ0n) is 20.7. The average Bonchev–Trinajstić information content (AvgIpc) is 3.70. The predicted molar refractivity (Wildman–Crippen MR) is 147 cm³/mol. The summed E-state index contributed by atoms with van der Waals surface area (Å²) in [6.07, 6.45) is 8.74. The van der Waals surface area contributed by atoms with E-state index in [1.165, 1.54) is 21.7 Å². The Morgan fingerprint density at radius 3 is 2.89 bits per heavy atom. The Labute approximate surface area is 217 Å². The highest BCUT2D eigenvalue weighted by Crippen LogP contribution is 2.34. The summed E-state index contributed by atoms with van der Waals surface area (Å²) >= 11 is 1.76.